The molecule has 0 saturated carbocycles. The summed E-state index contributed by atoms with van der Waals surface area (Å²) in [4.78, 5) is 12.9. The Balaban J connectivity index is 1.92. The predicted molar refractivity (Wildman–Crippen MR) is 106 cm³/mol. The van der Waals surface area contributed by atoms with Gasteiger partial charge >= 0.3 is 5.51 Å². The number of carbonyl (C=O) groups is 1. The van der Waals surface area contributed by atoms with Crippen LogP contribution in [0.1, 0.15) is 16.8 Å². The van der Waals surface area contributed by atoms with E-state index in [4.69, 9.17) is 4.74 Å². The molecule has 0 fully saturated rings. The number of alkyl halides is 3. The molecule has 31 heavy (non-hydrogen) atoms. The van der Waals surface area contributed by atoms with E-state index in [1.807, 2.05) is 0 Å². The number of carbonyl (C=O) groups excluding carboxylic acids is 1. The number of benzene rings is 2. The van der Waals surface area contributed by atoms with Crippen LogP contribution in [-0.4, -0.2) is 59.6 Å². The number of halogens is 3. The van der Waals surface area contributed by atoms with Crippen LogP contribution in [0.3, 0.4) is 0 Å². The largest absolute Gasteiger partial charge is 0.501 e. The molecule has 1 amide bonds. The van der Waals surface area contributed by atoms with Crippen molar-refractivity contribution in [3.63, 3.8) is 0 Å². The van der Waals surface area contributed by atoms with Crippen molar-refractivity contribution < 1.29 is 39.5 Å². The van der Waals surface area contributed by atoms with Crippen LogP contribution >= 0.6 is 0 Å². The maximum atomic E-state index is 12.6. The topological polar surface area (TPSA) is 97.8 Å². The molecule has 0 aromatic heterocycles. The molecule has 0 N–H and O–H groups in total. The molecule has 7 nitrogen and oxygen atoms in total. The maximum Gasteiger partial charge on any atom is 0.501 e. The fourth-order valence-corrected chi connectivity index (χ4v) is 3.94. The summed E-state index contributed by atoms with van der Waals surface area (Å²) < 4.78 is 89.1. The fourth-order valence-electron chi connectivity index (χ4n) is 2.52. The summed E-state index contributed by atoms with van der Waals surface area (Å²) >= 11 is 0. The Morgan fingerprint density at radius 2 is 1.61 bits per heavy atom. The highest BCUT2D eigenvalue weighted by atomic mass is 32.2. The lowest BCUT2D eigenvalue weighted by atomic mass is 10.2. The zero-order valence-corrected chi connectivity index (χ0v) is 18.2. The van der Waals surface area contributed by atoms with E-state index in [-0.39, 0.29) is 23.6 Å². The lowest BCUT2D eigenvalue weighted by molar-refractivity contribution is -0.0436. The van der Waals surface area contributed by atoms with Gasteiger partial charge < -0.3 is 9.64 Å². The van der Waals surface area contributed by atoms with Gasteiger partial charge in [0.15, 0.2) is 9.84 Å². The van der Waals surface area contributed by atoms with Crippen LogP contribution in [0.15, 0.2) is 58.3 Å². The average molecular weight is 479 g/mol. The summed E-state index contributed by atoms with van der Waals surface area (Å²) in [6.07, 6.45) is 1.48. The summed E-state index contributed by atoms with van der Waals surface area (Å²) in [5.41, 5.74) is -5.39. The maximum absolute atomic E-state index is 12.6. The van der Waals surface area contributed by atoms with Gasteiger partial charge in [-0.3, -0.25) is 4.79 Å². The third kappa shape index (κ3) is 6.20. The van der Waals surface area contributed by atoms with Gasteiger partial charge in [-0.05, 0) is 48.9 Å². The summed E-state index contributed by atoms with van der Waals surface area (Å²) in [6, 6.07) is 9.49. The zero-order chi connectivity index (χ0) is 23.4. The predicted octanol–water partition coefficient (Wildman–Crippen LogP) is 2.92. The number of amides is 1. The van der Waals surface area contributed by atoms with Gasteiger partial charge in [-0.2, -0.15) is 13.2 Å². The standard InChI is InChI=1S/C19H20F3NO6S2/c1-23(11-4-12-29-15-5-3-6-17(13-15)30(2,25)26)18(24)14-7-9-16(10-8-14)31(27,28)19(20,21)22/h3,5-10,13H,4,11-12H2,1-2H3. The molecular weight excluding hydrogens is 459 g/mol. The summed E-state index contributed by atoms with van der Waals surface area (Å²) in [7, 11) is -7.36. The van der Waals surface area contributed by atoms with Crippen molar-refractivity contribution >= 4 is 25.6 Å². The summed E-state index contributed by atoms with van der Waals surface area (Å²) in [5.74, 6) is -0.145. The van der Waals surface area contributed by atoms with Crippen LogP contribution in [0.4, 0.5) is 13.2 Å². The molecule has 2 aromatic rings. The smallest absolute Gasteiger partial charge is 0.493 e. The Hall–Kier alpha value is -2.60. The molecule has 2 aromatic carbocycles. The highest BCUT2D eigenvalue weighted by molar-refractivity contribution is 7.92. The normalized spacial score (nSPS) is 12.4. The van der Waals surface area contributed by atoms with Gasteiger partial charge in [0, 0.05) is 25.4 Å². The number of nitrogens with zero attached hydrogens (tertiary/aromatic N) is 1. The van der Waals surface area contributed by atoms with Gasteiger partial charge in [-0.25, -0.2) is 16.8 Å². The second kappa shape index (κ2) is 9.27. The third-order valence-corrected chi connectivity index (χ3v) is 6.82. The number of hydrogen-bond acceptors (Lipinski definition) is 6. The molecule has 0 unspecified atom stereocenters. The Morgan fingerprint density at radius 1 is 1.00 bits per heavy atom. The first-order valence-electron chi connectivity index (χ1n) is 8.83. The third-order valence-electron chi connectivity index (χ3n) is 4.20. The molecule has 0 bridgehead atoms. The van der Waals surface area contributed by atoms with Gasteiger partial charge in [-0.1, -0.05) is 6.07 Å². The van der Waals surface area contributed by atoms with Crippen LogP contribution in [0.25, 0.3) is 0 Å². The van der Waals surface area contributed by atoms with Crippen LogP contribution in [-0.2, 0) is 19.7 Å². The van der Waals surface area contributed by atoms with Crippen LogP contribution in [0.2, 0.25) is 0 Å². The zero-order valence-electron chi connectivity index (χ0n) is 16.6. The second-order valence-corrected chi connectivity index (χ2v) is 10.6. The highest BCUT2D eigenvalue weighted by Gasteiger charge is 2.46. The first kappa shape index (κ1) is 24.7. The number of ether oxygens (including phenoxy) is 1. The van der Waals surface area contributed by atoms with Gasteiger partial charge in [0.25, 0.3) is 15.7 Å². The van der Waals surface area contributed by atoms with Gasteiger partial charge in [-0.15, -0.1) is 0 Å². The van der Waals surface area contributed by atoms with E-state index >= 15 is 0 Å². The van der Waals surface area contributed by atoms with E-state index in [9.17, 15) is 34.8 Å². The number of hydrogen-bond donors (Lipinski definition) is 0. The lowest BCUT2D eigenvalue weighted by Crippen LogP contribution is -2.29. The molecule has 0 heterocycles. The minimum atomic E-state index is -5.47. The van der Waals surface area contributed by atoms with Crippen molar-refractivity contribution in [2.24, 2.45) is 0 Å². The van der Waals surface area contributed by atoms with Crippen molar-refractivity contribution in [1.29, 1.82) is 0 Å². The van der Waals surface area contributed by atoms with Crippen LogP contribution in [0.5, 0.6) is 5.75 Å². The molecular formula is C19H20F3NO6S2. The molecule has 0 aliphatic heterocycles. The van der Waals surface area contributed by atoms with Gasteiger partial charge in [0.2, 0.25) is 0 Å². The monoisotopic (exact) mass is 479 g/mol. The molecule has 0 atom stereocenters. The lowest BCUT2D eigenvalue weighted by Gasteiger charge is -2.18. The van der Waals surface area contributed by atoms with Crippen LogP contribution < -0.4 is 4.74 Å². The SMILES string of the molecule is CN(CCCOc1cccc(S(C)(=O)=O)c1)C(=O)c1ccc(S(=O)(=O)C(F)(F)F)cc1. The minimum absolute atomic E-state index is 0.0328. The Morgan fingerprint density at radius 3 is 2.16 bits per heavy atom. The van der Waals surface area contributed by atoms with Gasteiger partial charge in [0.05, 0.1) is 16.4 Å². The van der Waals surface area contributed by atoms with E-state index in [2.05, 4.69) is 0 Å². The highest BCUT2D eigenvalue weighted by Crippen LogP contribution is 2.30. The first-order valence-corrected chi connectivity index (χ1v) is 12.2. The van der Waals surface area contributed by atoms with Crippen molar-refractivity contribution in [3.8, 4) is 5.75 Å². The molecule has 0 aliphatic rings. The molecule has 0 saturated heterocycles. The quantitative estimate of drug-likeness (QED) is 0.540. The fraction of sp³-hybridized carbons (Fsp3) is 0.316. The van der Waals surface area contributed by atoms with Gasteiger partial charge in [0.1, 0.15) is 5.75 Å². The summed E-state index contributed by atoms with van der Waals surface area (Å²) in [5, 5.41) is 0. The van der Waals surface area contributed by atoms with Crippen molar-refractivity contribution in [1.82, 2.24) is 4.90 Å². The molecule has 2 rings (SSSR count). The van der Waals surface area contributed by atoms with Crippen molar-refractivity contribution in [3.05, 3.63) is 54.1 Å². The van der Waals surface area contributed by atoms with E-state index in [1.165, 1.54) is 24.1 Å². The molecule has 0 radical (unpaired) electrons. The van der Waals surface area contributed by atoms with Crippen molar-refractivity contribution in [2.75, 3.05) is 26.5 Å². The number of rotatable bonds is 8. The Labute approximate surface area is 178 Å². The molecule has 12 heteroatoms. The average Bonchev–Trinajstić information content (AvgIpc) is 2.69. The van der Waals surface area contributed by atoms with E-state index < -0.39 is 36.0 Å². The molecule has 170 valence electrons. The number of sulfone groups is 2. The Bertz CT molecular complexity index is 1140. The molecule has 0 spiro atoms. The van der Waals surface area contributed by atoms with E-state index in [0.717, 1.165) is 30.5 Å². The van der Waals surface area contributed by atoms with E-state index in [1.54, 1.807) is 12.1 Å². The second-order valence-electron chi connectivity index (χ2n) is 6.65. The Kier molecular flexibility index (Phi) is 7.37. The summed E-state index contributed by atoms with van der Waals surface area (Å²) in [6.45, 7) is 0.431. The van der Waals surface area contributed by atoms with Crippen LogP contribution in [0, 0.1) is 0 Å². The van der Waals surface area contributed by atoms with E-state index in [0.29, 0.717) is 12.2 Å². The minimum Gasteiger partial charge on any atom is -0.493 e. The first-order chi connectivity index (χ1) is 14.2. The van der Waals surface area contributed by atoms with Crippen molar-refractivity contribution in [2.45, 2.75) is 21.7 Å². The molecule has 0 aliphatic carbocycles.